The van der Waals surface area contributed by atoms with E-state index >= 15 is 0 Å². The lowest BCUT2D eigenvalue weighted by Gasteiger charge is -2.15. The van der Waals surface area contributed by atoms with Crippen LogP contribution in [0, 0.1) is 0 Å². The van der Waals surface area contributed by atoms with Gasteiger partial charge in [0.15, 0.2) is 0 Å². The molecular weight excluding hydrogens is 839 g/mol. The van der Waals surface area contributed by atoms with Gasteiger partial charge < -0.3 is 9.13 Å². The third-order valence-electron chi connectivity index (χ3n) is 14.8. The monoisotopic (exact) mass is 877 g/mol. The van der Waals surface area contributed by atoms with Crippen molar-refractivity contribution >= 4 is 92.3 Å². The molecule has 15 aromatic rings. The van der Waals surface area contributed by atoms with E-state index in [9.17, 15) is 4.79 Å². The SMILES string of the molecule is O=c1c2cccc(-c3ccc4ccccc4c3)c2c2cccc3c4cc(-c5ccccc5-c5cccc(-n6c7ccccc7c7ccc8c9ccccc9n(-c9ccccc9)c8c76)c5)ccc4n1c32. The van der Waals surface area contributed by atoms with E-state index in [0.29, 0.717) is 0 Å². The Morgan fingerprint density at radius 3 is 1.57 bits per heavy atom. The van der Waals surface area contributed by atoms with Crippen LogP contribution in [-0.2, 0) is 0 Å². The van der Waals surface area contributed by atoms with Crippen LogP contribution in [0.2, 0.25) is 0 Å². The first-order chi connectivity index (χ1) is 34.2. The molecule has 0 aliphatic carbocycles. The number of nitrogens with zero attached hydrogens (tertiary/aromatic N) is 3. The van der Waals surface area contributed by atoms with E-state index in [1.54, 1.807) is 0 Å². The van der Waals surface area contributed by atoms with Gasteiger partial charge in [-0.1, -0.05) is 176 Å². The van der Waals surface area contributed by atoms with E-state index in [2.05, 4.69) is 234 Å². The molecule has 11 aromatic carbocycles. The summed E-state index contributed by atoms with van der Waals surface area (Å²) in [5.41, 5.74) is 15.5. The highest BCUT2D eigenvalue weighted by molar-refractivity contribution is 6.25. The summed E-state index contributed by atoms with van der Waals surface area (Å²) in [5, 5.41) is 12.2. The standard InChI is InChI=1S/C65H39N3O/c69-65-56-28-13-25-49(43-32-31-40-15-4-5-16-41(40)37-43)61(56)55-27-14-26-52-57-39-44(33-36-60(57)68(65)62(52)55)48-22-7-6-21-47(48)42-17-12-20-46(38-42)67-59-30-11-9-24-51(59)54-35-34-53-50-23-8-10-29-58(50)66(63(53)64(54)67)45-18-2-1-3-19-45/h1-39H. The molecule has 320 valence electrons. The third kappa shape index (κ3) is 5.37. The number of aromatic nitrogens is 3. The van der Waals surface area contributed by atoms with Gasteiger partial charge in [-0.05, 0) is 105 Å². The van der Waals surface area contributed by atoms with E-state index in [1.165, 1.54) is 48.9 Å². The third-order valence-corrected chi connectivity index (χ3v) is 14.8. The van der Waals surface area contributed by atoms with Crippen LogP contribution in [0.5, 0.6) is 0 Å². The maximum absolute atomic E-state index is 14.8. The molecule has 0 unspecified atom stereocenters. The summed E-state index contributed by atoms with van der Waals surface area (Å²) in [4.78, 5) is 14.8. The number of rotatable bonds is 5. The summed E-state index contributed by atoms with van der Waals surface area (Å²) < 4.78 is 6.86. The molecule has 0 amide bonds. The molecule has 0 radical (unpaired) electrons. The highest BCUT2D eigenvalue weighted by Crippen LogP contribution is 2.44. The van der Waals surface area contributed by atoms with E-state index < -0.39 is 0 Å². The topological polar surface area (TPSA) is 31.3 Å². The summed E-state index contributed by atoms with van der Waals surface area (Å²) >= 11 is 0. The lowest BCUT2D eigenvalue weighted by Crippen LogP contribution is -2.13. The van der Waals surface area contributed by atoms with Gasteiger partial charge in [0.1, 0.15) is 0 Å². The summed E-state index contributed by atoms with van der Waals surface area (Å²) in [5.74, 6) is 0. The lowest BCUT2D eigenvalue weighted by atomic mass is 9.93. The molecular formula is C65H39N3O. The van der Waals surface area contributed by atoms with Crippen molar-refractivity contribution in [1.29, 1.82) is 0 Å². The van der Waals surface area contributed by atoms with Crippen LogP contribution >= 0.6 is 0 Å². The largest absolute Gasteiger partial charge is 0.307 e. The molecule has 4 nitrogen and oxygen atoms in total. The molecule has 0 aliphatic heterocycles. The smallest absolute Gasteiger partial charge is 0.263 e. The average molecular weight is 878 g/mol. The van der Waals surface area contributed by atoms with Crippen LogP contribution < -0.4 is 5.56 Å². The van der Waals surface area contributed by atoms with Crippen molar-refractivity contribution in [2.45, 2.75) is 0 Å². The molecule has 15 rings (SSSR count). The van der Waals surface area contributed by atoms with Crippen LogP contribution in [0.25, 0.3) is 137 Å². The van der Waals surface area contributed by atoms with Crippen molar-refractivity contribution in [3.8, 4) is 44.8 Å². The Morgan fingerprint density at radius 2 is 0.797 bits per heavy atom. The second kappa shape index (κ2) is 14.4. The minimum Gasteiger partial charge on any atom is -0.307 e. The van der Waals surface area contributed by atoms with Gasteiger partial charge in [0, 0.05) is 59.9 Å². The van der Waals surface area contributed by atoms with Crippen LogP contribution in [-0.4, -0.2) is 13.5 Å². The molecule has 0 aliphatic rings. The minimum atomic E-state index is 0.00257. The Bertz CT molecular complexity index is 4690. The summed E-state index contributed by atoms with van der Waals surface area (Å²) in [6.07, 6.45) is 0. The minimum absolute atomic E-state index is 0.00257. The van der Waals surface area contributed by atoms with Crippen molar-refractivity contribution in [2.75, 3.05) is 0 Å². The number of para-hydroxylation sites is 4. The normalized spacial score (nSPS) is 12.1. The Morgan fingerprint density at radius 1 is 0.275 bits per heavy atom. The Balaban J connectivity index is 0.924. The van der Waals surface area contributed by atoms with Crippen molar-refractivity contribution in [3.63, 3.8) is 0 Å². The zero-order valence-corrected chi connectivity index (χ0v) is 37.3. The highest BCUT2D eigenvalue weighted by Gasteiger charge is 2.23. The van der Waals surface area contributed by atoms with Crippen molar-refractivity contribution in [3.05, 3.63) is 247 Å². The number of hydrogen-bond acceptors (Lipinski definition) is 1. The first-order valence-electron chi connectivity index (χ1n) is 23.6. The molecule has 0 fully saturated rings. The van der Waals surface area contributed by atoms with Crippen LogP contribution in [0.3, 0.4) is 0 Å². The highest BCUT2D eigenvalue weighted by atomic mass is 16.1. The Labute approximate surface area is 395 Å². The van der Waals surface area contributed by atoms with Crippen LogP contribution in [0.15, 0.2) is 241 Å². The van der Waals surface area contributed by atoms with Gasteiger partial charge >= 0.3 is 0 Å². The zero-order chi connectivity index (χ0) is 45.3. The fraction of sp³-hybridized carbons (Fsp3) is 0. The molecule has 4 heterocycles. The quantitative estimate of drug-likeness (QED) is 0.159. The molecule has 0 saturated heterocycles. The molecule has 0 spiro atoms. The number of pyridine rings is 1. The fourth-order valence-corrected chi connectivity index (χ4v) is 11.8. The number of fused-ring (bicyclic) bond motifs is 13. The average Bonchev–Trinajstić information content (AvgIpc) is 4.06. The van der Waals surface area contributed by atoms with Gasteiger partial charge in [-0.15, -0.1) is 0 Å². The molecule has 0 atom stereocenters. The maximum Gasteiger partial charge on any atom is 0.263 e. The van der Waals surface area contributed by atoms with E-state index in [-0.39, 0.29) is 5.56 Å². The van der Waals surface area contributed by atoms with Crippen molar-refractivity contribution in [2.24, 2.45) is 0 Å². The lowest BCUT2D eigenvalue weighted by molar-refractivity contribution is 1.15. The molecule has 0 N–H and O–H groups in total. The second-order valence-corrected chi connectivity index (χ2v) is 18.4. The first kappa shape index (κ1) is 37.9. The van der Waals surface area contributed by atoms with Crippen LogP contribution in [0.4, 0.5) is 0 Å². The summed E-state index contributed by atoms with van der Waals surface area (Å²) in [7, 11) is 0. The predicted octanol–water partition coefficient (Wildman–Crippen LogP) is 16.5. The van der Waals surface area contributed by atoms with Gasteiger partial charge in [-0.3, -0.25) is 9.20 Å². The van der Waals surface area contributed by atoms with E-state index in [0.717, 1.165) is 88.2 Å². The number of benzene rings is 11. The van der Waals surface area contributed by atoms with Gasteiger partial charge in [0.25, 0.3) is 5.56 Å². The van der Waals surface area contributed by atoms with Crippen molar-refractivity contribution in [1.82, 2.24) is 13.5 Å². The zero-order valence-electron chi connectivity index (χ0n) is 37.3. The predicted molar refractivity (Wildman–Crippen MR) is 290 cm³/mol. The molecule has 4 aromatic heterocycles. The van der Waals surface area contributed by atoms with E-state index in [4.69, 9.17) is 0 Å². The molecule has 0 bridgehead atoms. The van der Waals surface area contributed by atoms with Crippen LogP contribution in [0.1, 0.15) is 0 Å². The van der Waals surface area contributed by atoms with E-state index in [1.807, 2.05) is 16.5 Å². The first-order valence-corrected chi connectivity index (χ1v) is 23.6. The van der Waals surface area contributed by atoms with Gasteiger partial charge in [0.2, 0.25) is 0 Å². The van der Waals surface area contributed by atoms with Gasteiger partial charge in [-0.25, -0.2) is 0 Å². The molecule has 69 heavy (non-hydrogen) atoms. The Kier molecular flexibility index (Phi) is 7.90. The summed E-state index contributed by atoms with van der Waals surface area (Å²) in [6.45, 7) is 0. The second-order valence-electron chi connectivity index (χ2n) is 18.4. The molecule has 0 saturated carbocycles. The molecule has 4 heteroatoms. The Hall–Kier alpha value is -9.25. The summed E-state index contributed by atoms with van der Waals surface area (Å²) in [6, 6.07) is 85.0. The number of hydrogen-bond donors (Lipinski definition) is 0. The maximum atomic E-state index is 14.8. The fourth-order valence-electron chi connectivity index (χ4n) is 11.8. The van der Waals surface area contributed by atoms with Gasteiger partial charge in [0.05, 0.1) is 33.1 Å². The van der Waals surface area contributed by atoms with Gasteiger partial charge in [-0.2, -0.15) is 0 Å². The van der Waals surface area contributed by atoms with Crippen molar-refractivity contribution < 1.29 is 0 Å².